The molecule has 2 aromatic rings. The van der Waals surface area contributed by atoms with Gasteiger partial charge in [-0.15, -0.1) is 11.7 Å². The van der Waals surface area contributed by atoms with Crippen molar-refractivity contribution in [2.75, 3.05) is 6.54 Å². The Morgan fingerprint density at radius 1 is 1.48 bits per heavy atom. The zero-order valence-electron chi connectivity index (χ0n) is 11.9. The summed E-state index contributed by atoms with van der Waals surface area (Å²) in [4.78, 5) is 11.8. The number of aromatic nitrogens is 3. The number of amides is 1. The molecule has 0 aliphatic heterocycles. The zero-order chi connectivity index (χ0) is 15.1. The summed E-state index contributed by atoms with van der Waals surface area (Å²) in [6.45, 7) is 6.06. The number of carbonyl (C=O) groups is 1. The van der Waals surface area contributed by atoms with Gasteiger partial charge in [0.15, 0.2) is 0 Å². The summed E-state index contributed by atoms with van der Waals surface area (Å²) in [6, 6.07) is 9.04. The molecule has 1 heterocycles. The molecular weight excluding hydrogens is 268 g/mol. The normalized spacial score (nSPS) is 11.7. The molecule has 1 N–H and O–H groups in total. The largest absolute Gasteiger partial charge is 0.487 e. The molecule has 1 amide bonds. The SMILES string of the molecule is C=CCNC(=O)[C@H](C)n1cc(COc2ccccc2)nn1. The van der Waals surface area contributed by atoms with Gasteiger partial charge in [-0.2, -0.15) is 0 Å². The fourth-order valence-electron chi connectivity index (χ4n) is 1.68. The highest BCUT2D eigenvalue weighted by Gasteiger charge is 2.15. The maximum atomic E-state index is 11.8. The molecule has 1 aromatic heterocycles. The lowest BCUT2D eigenvalue weighted by Crippen LogP contribution is -2.31. The van der Waals surface area contributed by atoms with Gasteiger partial charge >= 0.3 is 0 Å². The number of hydrogen-bond donors (Lipinski definition) is 1. The lowest BCUT2D eigenvalue weighted by atomic mass is 10.3. The van der Waals surface area contributed by atoms with Crippen LogP contribution >= 0.6 is 0 Å². The number of rotatable bonds is 7. The van der Waals surface area contributed by atoms with Crippen LogP contribution in [0.4, 0.5) is 0 Å². The highest BCUT2D eigenvalue weighted by atomic mass is 16.5. The fourth-order valence-corrected chi connectivity index (χ4v) is 1.68. The number of nitrogens with zero attached hydrogens (tertiary/aromatic N) is 3. The molecule has 0 aliphatic carbocycles. The third-order valence-corrected chi connectivity index (χ3v) is 2.88. The minimum absolute atomic E-state index is 0.129. The summed E-state index contributed by atoms with van der Waals surface area (Å²) in [5, 5.41) is 10.7. The van der Waals surface area contributed by atoms with Crippen molar-refractivity contribution in [1.82, 2.24) is 20.3 Å². The van der Waals surface area contributed by atoms with E-state index in [1.54, 1.807) is 19.2 Å². The van der Waals surface area contributed by atoms with Crippen molar-refractivity contribution in [3.05, 3.63) is 54.9 Å². The third-order valence-electron chi connectivity index (χ3n) is 2.88. The predicted octanol–water partition coefficient (Wildman–Crippen LogP) is 1.72. The minimum atomic E-state index is -0.428. The van der Waals surface area contributed by atoms with Crippen LogP contribution in [0.5, 0.6) is 5.75 Å². The monoisotopic (exact) mass is 286 g/mol. The zero-order valence-corrected chi connectivity index (χ0v) is 11.9. The van der Waals surface area contributed by atoms with Crippen LogP contribution in [0.2, 0.25) is 0 Å². The van der Waals surface area contributed by atoms with E-state index in [4.69, 9.17) is 4.74 Å². The lowest BCUT2D eigenvalue weighted by molar-refractivity contribution is -0.123. The van der Waals surface area contributed by atoms with Gasteiger partial charge in [-0.25, -0.2) is 4.68 Å². The van der Waals surface area contributed by atoms with Crippen LogP contribution in [0.1, 0.15) is 18.7 Å². The van der Waals surface area contributed by atoms with Gasteiger partial charge in [-0.3, -0.25) is 4.79 Å². The number of carbonyl (C=O) groups excluding carboxylic acids is 1. The van der Waals surface area contributed by atoms with Crippen LogP contribution in [0.15, 0.2) is 49.2 Å². The van der Waals surface area contributed by atoms with E-state index < -0.39 is 6.04 Å². The van der Waals surface area contributed by atoms with Crippen molar-refractivity contribution < 1.29 is 9.53 Å². The Kier molecular flexibility index (Phi) is 5.09. The average molecular weight is 286 g/mol. The Balaban J connectivity index is 1.91. The summed E-state index contributed by atoms with van der Waals surface area (Å²) in [5.74, 6) is 0.638. The molecular formula is C15H18N4O2. The minimum Gasteiger partial charge on any atom is -0.487 e. The number of hydrogen-bond acceptors (Lipinski definition) is 4. The van der Waals surface area contributed by atoms with E-state index in [0.717, 1.165) is 5.75 Å². The Morgan fingerprint density at radius 2 is 2.24 bits per heavy atom. The van der Waals surface area contributed by atoms with Crippen LogP contribution in [0, 0.1) is 0 Å². The first-order valence-corrected chi connectivity index (χ1v) is 6.68. The maximum Gasteiger partial charge on any atom is 0.244 e. The van der Waals surface area contributed by atoms with E-state index in [2.05, 4.69) is 22.2 Å². The van der Waals surface area contributed by atoms with Crippen LogP contribution in [0.25, 0.3) is 0 Å². The van der Waals surface area contributed by atoms with Gasteiger partial charge in [0, 0.05) is 6.54 Å². The van der Waals surface area contributed by atoms with E-state index >= 15 is 0 Å². The summed E-state index contributed by atoms with van der Waals surface area (Å²) in [7, 11) is 0. The molecule has 0 saturated heterocycles. The van der Waals surface area contributed by atoms with Gasteiger partial charge in [0.25, 0.3) is 0 Å². The van der Waals surface area contributed by atoms with Gasteiger partial charge < -0.3 is 10.1 Å². The van der Waals surface area contributed by atoms with Gasteiger partial charge in [0.05, 0.1) is 6.20 Å². The van der Waals surface area contributed by atoms with Gasteiger partial charge in [0.1, 0.15) is 24.1 Å². The average Bonchev–Trinajstić information content (AvgIpc) is 2.99. The molecule has 1 aromatic carbocycles. The molecule has 6 heteroatoms. The van der Waals surface area contributed by atoms with Crippen LogP contribution < -0.4 is 10.1 Å². The van der Waals surface area contributed by atoms with Crippen molar-refractivity contribution >= 4 is 5.91 Å². The van der Waals surface area contributed by atoms with Gasteiger partial charge in [-0.05, 0) is 19.1 Å². The van der Waals surface area contributed by atoms with Crippen LogP contribution in [-0.2, 0) is 11.4 Å². The van der Waals surface area contributed by atoms with E-state index in [9.17, 15) is 4.79 Å². The van der Waals surface area contributed by atoms with Crippen molar-refractivity contribution in [1.29, 1.82) is 0 Å². The Labute approximate surface area is 123 Å². The predicted molar refractivity (Wildman–Crippen MR) is 78.7 cm³/mol. The molecule has 0 fully saturated rings. The van der Waals surface area contributed by atoms with Crippen LogP contribution in [-0.4, -0.2) is 27.4 Å². The second kappa shape index (κ2) is 7.23. The van der Waals surface area contributed by atoms with E-state index in [1.807, 2.05) is 30.3 Å². The molecule has 21 heavy (non-hydrogen) atoms. The second-order valence-electron chi connectivity index (χ2n) is 4.50. The maximum absolute atomic E-state index is 11.8. The topological polar surface area (TPSA) is 69.0 Å². The number of nitrogens with one attached hydrogen (secondary N) is 1. The molecule has 0 saturated carbocycles. The first-order chi connectivity index (χ1) is 10.2. The quantitative estimate of drug-likeness (QED) is 0.787. The molecule has 0 spiro atoms. The van der Waals surface area contributed by atoms with Crippen molar-refractivity contribution in [2.45, 2.75) is 19.6 Å². The number of ether oxygens (including phenoxy) is 1. The first-order valence-electron chi connectivity index (χ1n) is 6.68. The molecule has 0 radical (unpaired) electrons. The van der Waals surface area contributed by atoms with Gasteiger partial charge in [-0.1, -0.05) is 29.5 Å². The van der Waals surface area contributed by atoms with Crippen molar-refractivity contribution in [2.24, 2.45) is 0 Å². The van der Waals surface area contributed by atoms with Gasteiger partial charge in [0.2, 0.25) is 5.91 Å². The molecule has 0 unspecified atom stereocenters. The van der Waals surface area contributed by atoms with E-state index in [1.165, 1.54) is 4.68 Å². The number of benzene rings is 1. The Bertz CT molecular complexity index is 595. The highest BCUT2D eigenvalue weighted by molar-refractivity contribution is 5.79. The Morgan fingerprint density at radius 3 is 2.95 bits per heavy atom. The fraction of sp³-hybridized carbons (Fsp3) is 0.267. The second-order valence-corrected chi connectivity index (χ2v) is 4.50. The molecule has 0 aliphatic rings. The third kappa shape index (κ3) is 4.17. The summed E-state index contributed by atoms with van der Waals surface area (Å²) in [6.07, 6.45) is 3.34. The Hall–Kier alpha value is -2.63. The van der Waals surface area contributed by atoms with E-state index in [-0.39, 0.29) is 5.91 Å². The summed E-state index contributed by atoms with van der Waals surface area (Å²) >= 11 is 0. The summed E-state index contributed by atoms with van der Waals surface area (Å²) in [5.41, 5.74) is 0.669. The molecule has 0 bridgehead atoms. The van der Waals surface area contributed by atoms with Crippen LogP contribution in [0.3, 0.4) is 0 Å². The molecule has 2 rings (SSSR count). The van der Waals surface area contributed by atoms with Crippen molar-refractivity contribution in [3.63, 3.8) is 0 Å². The molecule has 1 atom stereocenters. The van der Waals surface area contributed by atoms with E-state index in [0.29, 0.717) is 18.8 Å². The first kappa shape index (κ1) is 14.8. The number of para-hydroxylation sites is 1. The lowest BCUT2D eigenvalue weighted by Gasteiger charge is -2.10. The highest BCUT2D eigenvalue weighted by Crippen LogP contribution is 2.11. The molecule has 6 nitrogen and oxygen atoms in total. The standard InChI is InChI=1S/C15H18N4O2/c1-3-9-16-15(20)12(2)19-10-13(17-18-19)11-21-14-7-5-4-6-8-14/h3-8,10,12H,1,9,11H2,2H3,(H,16,20)/t12-/m0/s1. The smallest absolute Gasteiger partial charge is 0.244 e. The molecule has 110 valence electrons. The van der Waals surface area contributed by atoms with Crippen molar-refractivity contribution in [3.8, 4) is 5.75 Å². The summed E-state index contributed by atoms with van der Waals surface area (Å²) < 4.78 is 7.10.